The number of rotatable bonds is 5. The molecule has 5 heteroatoms. The smallest absolute Gasteiger partial charge is 0.336 e. The number of ether oxygens (including phenoxy) is 2. The number of benzene rings is 1. The van der Waals surface area contributed by atoms with E-state index in [0.29, 0.717) is 11.8 Å². The maximum atomic E-state index is 5.41. The minimum Gasteiger partial charge on any atom is -0.498 e. The number of nitrogens with zero attached hydrogens (tertiary/aromatic N) is 3. The van der Waals surface area contributed by atoms with E-state index in [2.05, 4.69) is 16.7 Å². The van der Waals surface area contributed by atoms with Crippen LogP contribution in [0.15, 0.2) is 36.6 Å². The van der Waals surface area contributed by atoms with E-state index in [1.54, 1.807) is 11.8 Å². The topological polar surface area (TPSA) is 49.2 Å². The first kappa shape index (κ1) is 13.1. The first-order valence-corrected chi connectivity index (χ1v) is 5.93. The second kappa shape index (κ2) is 5.56. The van der Waals surface area contributed by atoms with E-state index >= 15 is 0 Å². The van der Waals surface area contributed by atoms with Crippen LogP contribution in [0.5, 0.6) is 6.01 Å². The minimum atomic E-state index is 0.244. The summed E-state index contributed by atoms with van der Waals surface area (Å²) in [5.74, 6) is 1.31. The fraction of sp³-hybridized carbons (Fsp3) is 0.286. The lowest BCUT2D eigenvalue weighted by molar-refractivity contribution is 0.212. The molecule has 0 unspecified atom stereocenters. The largest absolute Gasteiger partial charge is 0.498 e. The molecule has 2 aromatic rings. The number of hydrogen-bond acceptors (Lipinski definition) is 4. The Hall–Kier alpha value is -2.30. The van der Waals surface area contributed by atoms with Gasteiger partial charge in [-0.05, 0) is 12.5 Å². The van der Waals surface area contributed by atoms with Gasteiger partial charge in [-0.25, -0.2) is 4.68 Å². The molecule has 5 nitrogen and oxygen atoms in total. The molecule has 1 heterocycles. The van der Waals surface area contributed by atoms with Gasteiger partial charge in [0.05, 0.1) is 7.11 Å². The van der Waals surface area contributed by atoms with E-state index < -0.39 is 0 Å². The number of hydrogen-bond donors (Lipinski definition) is 0. The molecule has 19 heavy (non-hydrogen) atoms. The van der Waals surface area contributed by atoms with Crippen LogP contribution in [0.2, 0.25) is 0 Å². The molecular formula is C14H17N3O2. The van der Waals surface area contributed by atoms with Gasteiger partial charge in [0, 0.05) is 12.6 Å². The Morgan fingerprint density at radius 3 is 2.79 bits per heavy atom. The van der Waals surface area contributed by atoms with E-state index in [1.807, 2.05) is 38.2 Å². The van der Waals surface area contributed by atoms with Crippen LogP contribution in [-0.4, -0.2) is 28.5 Å². The van der Waals surface area contributed by atoms with Crippen molar-refractivity contribution < 1.29 is 9.47 Å². The van der Waals surface area contributed by atoms with Crippen LogP contribution in [0.25, 0.3) is 11.4 Å². The van der Waals surface area contributed by atoms with Gasteiger partial charge in [0.2, 0.25) is 0 Å². The van der Waals surface area contributed by atoms with Crippen LogP contribution in [-0.2, 0) is 11.8 Å². The zero-order valence-corrected chi connectivity index (χ0v) is 11.4. The van der Waals surface area contributed by atoms with E-state index in [0.717, 1.165) is 17.0 Å². The Kier molecular flexibility index (Phi) is 3.85. The van der Waals surface area contributed by atoms with Gasteiger partial charge in [-0.3, -0.25) is 0 Å². The summed E-state index contributed by atoms with van der Waals surface area (Å²) in [5.41, 5.74) is 2.18. The monoisotopic (exact) mass is 259 g/mol. The zero-order chi connectivity index (χ0) is 13.8. The second-order valence-corrected chi connectivity index (χ2v) is 4.19. The molecule has 0 fully saturated rings. The normalized spacial score (nSPS) is 10.3. The van der Waals surface area contributed by atoms with Crippen molar-refractivity contribution >= 4 is 0 Å². The molecule has 1 aromatic carbocycles. The first-order valence-electron chi connectivity index (χ1n) is 5.93. The number of methoxy groups -OCH3 is 1. The van der Waals surface area contributed by atoms with E-state index in [1.165, 1.54) is 0 Å². The first-order chi connectivity index (χ1) is 9.11. The third kappa shape index (κ3) is 2.93. The molecular weight excluding hydrogens is 242 g/mol. The quantitative estimate of drug-likeness (QED) is 0.773. The zero-order valence-electron chi connectivity index (χ0n) is 11.4. The van der Waals surface area contributed by atoms with Crippen LogP contribution < -0.4 is 4.74 Å². The molecule has 2 rings (SSSR count). The predicted molar refractivity (Wildman–Crippen MR) is 72.8 cm³/mol. The van der Waals surface area contributed by atoms with E-state index in [-0.39, 0.29) is 6.61 Å². The molecule has 0 saturated heterocycles. The van der Waals surface area contributed by atoms with Gasteiger partial charge >= 0.3 is 6.01 Å². The highest BCUT2D eigenvalue weighted by Gasteiger charge is 2.12. The third-order valence-corrected chi connectivity index (χ3v) is 2.78. The Bertz CT molecular complexity index is 590. The van der Waals surface area contributed by atoms with Gasteiger partial charge in [0.25, 0.3) is 0 Å². The molecule has 0 N–H and O–H groups in total. The highest BCUT2D eigenvalue weighted by atomic mass is 16.5. The van der Waals surface area contributed by atoms with Crippen molar-refractivity contribution in [3.05, 3.63) is 42.2 Å². The lowest BCUT2D eigenvalue weighted by Crippen LogP contribution is -2.03. The summed E-state index contributed by atoms with van der Waals surface area (Å²) >= 11 is 0. The molecule has 0 radical (unpaired) electrons. The van der Waals surface area contributed by atoms with Crippen molar-refractivity contribution in [3.63, 3.8) is 0 Å². The summed E-state index contributed by atoms with van der Waals surface area (Å²) < 4.78 is 12.0. The van der Waals surface area contributed by atoms with Crippen LogP contribution in [0.1, 0.15) is 5.56 Å². The molecule has 1 aromatic heterocycles. The van der Waals surface area contributed by atoms with E-state index in [4.69, 9.17) is 9.47 Å². The molecule has 0 saturated carbocycles. The van der Waals surface area contributed by atoms with Crippen LogP contribution in [0, 0.1) is 6.92 Å². The van der Waals surface area contributed by atoms with Crippen molar-refractivity contribution in [3.8, 4) is 17.4 Å². The van der Waals surface area contributed by atoms with Crippen molar-refractivity contribution in [2.24, 2.45) is 7.05 Å². The Balaban J connectivity index is 2.22. The van der Waals surface area contributed by atoms with Crippen LogP contribution in [0.4, 0.5) is 0 Å². The summed E-state index contributed by atoms with van der Waals surface area (Å²) in [5, 5.41) is 4.22. The molecule has 0 bridgehead atoms. The number of aryl methyl sites for hydroxylation is 2. The second-order valence-electron chi connectivity index (χ2n) is 4.19. The maximum Gasteiger partial charge on any atom is 0.336 e. The molecule has 0 aliphatic rings. The van der Waals surface area contributed by atoms with Crippen LogP contribution in [0.3, 0.4) is 0 Å². The van der Waals surface area contributed by atoms with Gasteiger partial charge in [-0.15, -0.1) is 5.10 Å². The molecule has 0 atom stereocenters. The SMILES string of the molecule is C=C(COc1nc(-c2ccccc2C)n(C)n1)OC. The van der Waals surface area contributed by atoms with E-state index in [9.17, 15) is 0 Å². The highest BCUT2D eigenvalue weighted by Crippen LogP contribution is 2.22. The lowest BCUT2D eigenvalue weighted by atomic mass is 10.1. The standard InChI is InChI=1S/C14H17N3O2/c1-10-7-5-6-8-12(10)13-15-14(16-17(13)3)19-9-11(2)18-4/h5-8H,2,9H2,1,3-4H3. The van der Waals surface area contributed by atoms with Gasteiger partial charge in [-0.2, -0.15) is 4.98 Å². The van der Waals surface area contributed by atoms with Crippen molar-refractivity contribution in [2.45, 2.75) is 6.92 Å². The molecule has 0 aliphatic carbocycles. The summed E-state index contributed by atoms with van der Waals surface area (Å²) in [6, 6.07) is 8.34. The maximum absolute atomic E-state index is 5.41. The van der Waals surface area contributed by atoms with Crippen molar-refractivity contribution in [1.29, 1.82) is 0 Å². The summed E-state index contributed by atoms with van der Waals surface area (Å²) in [4.78, 5) is 4.38. The fourth-order valence-electron chi connectivity index (χ4n) is 1.68. The highest BCUT2D eigenvalue weighted by molar-refractivity contribution is 5.60. The van der Waals surface area contributed by atoms with Gasteiger partial charge in [0.15, 0.2) is 5.82 Å². The predicted octanol–water partition coefficient (Wildman–Crippen LogP) is 2.33. The molecule has 0 amide bonds. The van der Waals surface area contributed by atoms with Gasteiger partial charge in [-0.1, -0.05) is 30.8 Å². The summed E-state index contributed by atoms with van der Waals surface area (Å²) in [6.07, 6.45) is 0. The Morgan fingerprint density at radius 2 is 2.11 bits per heavy atom. The molecule has 0 aliphatic heterocycles. The lowest BCUT2D eigenvalue weighted by Gasteiger charge is -2.03. The Morgan fingerprint density at radius 1 is 1.37 bits per heavy atom. The summed E-state index contributed by atoms with van der Waals surface area (Å²) in [6.45, 7) is 5.96. The minimum absolute atomic E-state index is 0.244. The van der Waals surface area contributed by atoms with Crippen molar-refractivity contribution in [2.75, 3.05) is 13.7 Å². The molecule has 0 spiro atoms. The van der Waals surface area contributed by atoms with Crippen molar-refractivity contribution in [1.82, 2.24) is 14.8 Å². The molecule has 100 valence electrons. The van der Waals surface area contributed by atoms with Gasteiger partial charge in [0.1, 0.15) is 12.4 Å². The summed E-state index contributed by atoms with van der Waals surface area (Å²) in [7, 11) is 3.39. The third-order valence-electron chi connectivity index (χ3n) is 2.78. The Labute approximate surface area is 112 Å². The number of aromatic nitrogens is 3. The fourth-order valence-corrected chi connectivity index (χ4v) is 1.68. The van der Waals surface area contributed by atoms with Gasteiger partial charge < -0.3 is 9.47 Å². The van der Waals surface area contributed by atoms with Crippen LogP contribution >= 0.6 is 0 Å². The average Bonchev–Trinajstić information content (AvgIpc) is 2.77. The average molecular weight is 259 g/mol.